The maximum atomic E-state index is 12.8. The van der Waals surface area contributed by atoms with Gasteiger partial charge in [0.15, 0.2) is 0 Å². The number of likely N-dealkylation sites (N-methyl/N-ethyl adjacent to an activating group) is 1. The lowest BCUT2D eigenvalue weighted by Crippen LogP contribution is -2.44. The molecule has 1 aliphatic rings. The van der Waals surface area contributed by atoms with Crippen molar-refractivity contribution in [2.45, 2.75) is 45.4 Å². The lowest BCUT2D eigenvalue weighted by atomic mass is 9.69. The highest BCUT2D eigenvalue weighted by molar-refractivity contribution is 6.10. The summed E-state index contributed by atoms with van der Waals surface area (Å²) < 4.78 is 0. The van der Waals surface area contributed by atoms with E-state index >= 15 is 0 Å². The number of hydrogen-bond donors (Lipinski definition) is 0. The molecule has 0 aliphatic carbocycles. The van der Waals surface area contributed by atoms with Crippen molar-refractivity contribution in [2.75, 3.05) is 11.9 Å². The number of carbonyl (C=O) groups is 2. The standard InChI is InChI=1S/C17H23NO2/c1-5-8-13(19)11-17(12(2)3)14-9-6-7-10-15(14)18(4)16(17)20/h6-7,9-10,12H,5,8,11H2,1-4H3/t17-/m1/s1. The summed E-state index contributed by atoms with van der Waals surface area (Å²) in [6, 6.07) is 7.84. The van der Waals surface area contributed by atoms with Gasteiger partial charge in [0.25, 0.3) is 0 Å². The fraction of sp³-hybridized carbons (Fsp3) is 0.529. The van der Waals surface area contributed by atoms with Crippen LogP contribution in [-0.2, 0) is 15.0 Å². The molecule has 1 aliphatic heterocycles. The van der Waals surface area contributed by atoms with Gasteiger partial charge in [-0.05, 0) is 24.0 Å². The second kappa shape index (κ2) is 5.39. The minimum Gasteiger partial charge on any atom is -0.314 e. The smallest absolute Gasteiger partial charge is 0.238 e. The van der Waals surface area contributed by atoms with Crippen molar-refractivity contribution >= 4 is 17.4 Å². The molecule has 3 heteroatoms. The molecule has 1 atom stereocenters. The van der Waals surface area contributed by atoms with Gasteiger partial charge >= 0.3 is 0 Å². The predicted octanol–water partition coefficient (Wildman–Crippen LogP) is 3.32. The Morgan fingerprint density at radius 3 is 2.55 bits per heavy atom. The van der Waals surface area contributed by atoms with E-state index < -0.39 is 5.41 Å². The number of Topliss-reactive ketones (excluding diaryl/α,β-unsaturated/α-hetero) is 1. The second-order valence-corrected chi connectivity index (χ2v) is 5.97. The van der Waals surface area contributed by atoms with Crippen molar-refractivity contribution in [3.8, 4) is 0 Å². The summed E-state index contributed by atoms with van der Waals surface area (Å²) in [6.45, 7) is 6.07. The van der Waals surface area contributed by atoms with Crippen LogP contribution in [0.25, 0.3) is 0 Å². The Morgan fingerprint density at radius 2 is 1.95 bits per heavy atom. The Labute approximate surface area is 121 Å². The summed E-state index contributed by atoms with van der Waals surface area (Å²) in [5, 5.41) is 0. The van der Waals surface area contributed by atoms with Crippen LogP contribution < -0.4 is 4.90 Å². The summed E-state index contributed by atoms with van der Waals surface area (Å²) >= 11 is 0. The highest BCUT2D eigenvalue weighted by atomic mass is 16.2. The van der Waals surface area contributed by atoms with Gasteiger partial charge in [-0.15, -0.1) is 0 Å². The van der Waals surface area contributed by atoms with Crippen molar-refractivity contribution in [1.82, 2.24) is 0 Å². The van der Waals surface area contributed by atoms with Crippen LogP contribution >= 0.6 is 0 Å². The van der Waals surface area contributed by atoms with Crippen LogP contribution in [0.15, 0.2) is 24.3 Å². The maximum Gasteiger partial charge on any atom is 0.238 e. The van der Waals surface area contributed by atoms with Crippen molar-refractivity contribution in [3.05, 3.63) is 29.8 Å². The number of nitrogens with zero attached hydrogens (tertiary/aromatic N) is 1. The van der Waals surface area contributed by atoms with E-state index in [1.165, 1.54) is 0 Å². The number of para-hydroxylation sites is 1. The number of amides is 1. The summed E-state index contributed by atoms with van der Waals surface area (Å²) in [4.78, 5) is 26.7. The first-order chi connectivity index (χ1) is 9.45. The van der Waals surface area contributed by atoms with E-state index in [1.54, 1.807) is 11.9 Å². The number of rotatable bonds is 5. The summed E-state index contributed by atoms with van der Waals surface area (Å²) in [6.07, 6.45) is 1.70. The van der Waals surface area contributed by atoms with Crippen molar-refractivity contribution in [3.63, 3.8) is 0 Å². The topological polar surface area (TPSA) is 37.4 Å². The first kappa shape index (κ1) is 14.8. The van der Waals surface area contributed by atoms with E-state index in [4.69, 9.17) is 0 Å². The Hall–Kier alpha value is -1.64. The molecule has 0 fully saturated rings. The molecular formula is C17H23NO2. The number of fused-ring (bicyclic) bond motifs is 1. The molecule has 108 valence electrons. The van der Waals surface area contributed by atoms with Gasteiger partial charge in [0.05, 0.1) is 5.41 Å². The van der Waals surface area contributed by atoms with Gasteiger partial charge in [-0.3, -0.25) is 9.59 Å². The summed E-state index contributed by atoms with van der Waals surface area (Å²) in [5.41, 5.74) is 1.26. The molecule has 0 bridgehead atoms. The van der Waals surface area contributed by atoms with Crippen LogP contribution in [0.5, 0.6) is 0 Å². The minimum atomic E-state index is -0.683. The van der Waals surface area contributed by atoms with Crippen LogP contribution in [0.1, 0.15) is 45.6 Å². The van der Waals surface area contributed by atoms with E-state index in [0.717, 1.165) is 17.7 Å². The second-order valence-electron chi connectivity index (χ2n) is 5.97. The Bertz CT molecular complexity index is 536. The number of hydrogen-bond acceptors (Lipinski definition) is 2. The van der Waals surface area contributed by atoms with E-state index in [9.17, 15) is 9.59 Å². The fourth-order valence-electron chi connectivity index (χ4n) is 3.28. The van der Waals surface area contributed by atoms with Gasteiger partial charge in [0, 0.05) is 25.6 Å². The SMILES string of the molecule is CCCC(=O)C[C@]1(C(C)C)C(=O)N(C)c2ccccc21. The number of ketones is 1. The van der Waals surface area contributed by atoms with Crippen LogP contribution in [-0.4, -0.2) is 18.7 Å². The highest BCUT2D eigenvalue weighted by Crippen LogP contribution is 2.48. The Balaban J connectivity index is 2.52. The third-order valence-electron chi connectivity index (χ3n) is 4.42. The molecule has 1 aromatic rings. The molecule has 0 N–H and O–H groups in total. The number of anilines is 1. The van der Waals surface area contributed by atoms with E-state index in [0.29, 0.717) is 12.8 Å². The fourth-order valence-corrected chi connectivity index (χ4v) is 3.28. The van der Waals surface area contributed by atoms with E-state index in [-0.39, 0.29) is 17.6 Å². The van der Waals surface area contributed by atoms with Gasteiger partial charge < -0.3 is 4.90 Å². The lowest BCUT2D eigenvalue weighted by Gasteiger charge is -2.31. The molecule has 0 saturated heterocycles. The first-order valence-electron chi connectivity index (χ1n) is 7.34. The van der Waals surface area contributed by atoms with Crippen LogP contribution in [0.3, 0.4) is 0 Å². The first-order valence-corrected chi connectivity index (χ1v) is 7.34. The molecule has 1 aromatic carbocycles. The van der Waals surface area contributed by atoms with Gasteiger partial charge in [-0.2, -0.15) is 0 Å². The molecule has 0 aromatic heterocycles. The number of benzene rings is 1. The van der Waals surface area contributed by atoms with Crippen molar-refractivity contribution in [1.29, 1.82) is 0 Å². The average Bonchev–Trinajstić information content (AvgIpc) is 2.63. The maximum absolute atomic E-state index is 12.8. The third-order valence-corrected chi connectivity index (χ3v) is 4.42. The van der Waals surface area contributed by atoms with E-state index in [1.807, 2.05) is 45.0 Å². The average molecular weight is 273 g/mol. The van der Waals surface area contributed by atoms with Gasteiger partial charge in [-0.1, -0.05) is 39.0 Å². The zero-order valence-electron chi connectivity index (χ0n) is 12.8. The van der Waals surface area contributed by atoms with Gasteiger partial charge in [0.2, 0.25) is 5.91 Å². The zero-order valence-corrected chi connectivity index (χ0v) is 12.8. The molecule has 0 saturated carbocycles. The molecule has 2 rings (SSSR count). The quantitative estimate of drug-likeness (QED) is 0.825. The van der Waals surface area contributed by atoms with Crippen LogP contribution in [0, 0.1) is 5.92 Å². The molecule has 20 heavy (non-hydrogen) atoms. The van der Waals surface area contributed by atoms with Crippen molar-refractivity contribution < 1.29 is 9.59 Å². The largest absolute Gasteiger partial charge is 0.314 e. The van der Waals surface area contributed by atoms with Crippen molar-refractivity contribution in [2.24, 2.45) is 5.92 Å². The molecule has 3 nitrogen and oxygen atoms in total. The molecule has 1 amide bonds. The molecule has 1 heterocycles. The lowest BCUT2D eigenvalue weighted by molar-refractivity contribution is -0.130. The molecular weight excluding hydrogens is 250 g/mol. The Kier molecular flexibility index (Phi) is 3.98. The van der Waals surface area contributed by atoms with Crippen LogP contribution in [0.4, 0.5) is 5.69 Å². The zero-order chi connectivity index (χ0) is 14.9. The molecule has 0 radical (unpaired) electrons. The summed E-state index contributed by atoms with van der Waals surface area (Å²) in [5.74, 6) is 0.333. The van der Waals surface area contributed by atoms with Crippen LogP contribution in [0.2, 0.25) is 0 Å². The minimum absolute atomic E-state index is 0.0538. The third kappa shape index (κ3) is 2.05. The van der Waals surface area contributed by atoms with Gasteiger partial charge in [-0.25, -0.2) is 0 Å². The predicted molar refractivity (Wildman–Crippen MR) is 80.9 cm³/mol. The summed E-state index contributed by atoms with van der Waals surface area (Å²) in [7, 11) is 1.80. The van der Waals surface area contributed by atoms with E-state index in [2.05, 4.69) is 0 Å². The monoisotopic (exact) mass is 273 g/mol. The molecule has 0 spiro atoms. The highest BCUT2D eigenvalue weighted by Gasteiger charge is 2.52. The van der Waals surface area contributed by atoms with Gasteiger partial charge in [0.1, 0.15) is 5.78 Å². The molecule has 0 unspecified atom stereocenters. The Morgan fingerprint density at radius 1 is 1.30 bits per heavy atom. The normalized spacial score (nSPS) is 21.4. The number of carbonyl (C=O) groups excluding carboxylic acids is 2.